The zero-order chi connectivity index (χ0) is 13.6. The minimum Gasteiger partial charge on any atom is -0.480 e. The van der Waals surface area contributed by atoms with Crippen molar-refractivity contribution in [3.63, 3.8) is 0 Å². The molecule has 18 heavy (non-hydrogen) atoms. The first-order chi connectivity index (χ1) is 8.36. The highest BCUT2D eigenvalue weighted by Crippen LogP contribution is 2.24. The molecular formula is C11H12N3O4+. The normalized spacial score (nSPS) is 23.7. The minimum atomic E-state index is -1.07. The van der Waals surface area contributed by atoms with E-state index < -0.39 is 23.8 Å². The summed E-state index contributed by atoms with van der Waals surface area (Å²) in [6, 6.07) is -0.488. The first-order valence-electron chi connectivity index (χ1n) is 5.27. The van der Waals surface area contributed by atoms with E-state index in [1.165, 1.54) is 24.9 Å². The van der Waals surface area contributed by atoms with Crippen molar-refractivity contribution in [2.75, 3.05) is 14.1 Å². The average Bonchev–Trinajstić information content (AvgIpc) is 2.32. The number of hydrogen-bond donors (Lipinski definition) is 1. The molecule has 0 spiro atoms. The fraction of sp³-hybridized carbons (Fsp3) is 0.364. The van der Waals surface area contributed by atoms with Crippen molar-refractivity contribution in [2.45, 2.75) is 6.92 Å². The Balaban J connectivity index is 2.68. The van der Waals surface area contributed by atoms with Crippen molar-refractivity contribution in [2.24, 2.45) is 10.9 Å². The Labute approximate surface area is 103 Å². The van der Waals surface area contributed by atoms with Crippen LogP contribution >= 0.6 is 0 Å². The van der Waals surface area contributed by atoms with Crippen molar-refractivity contribution in [3.05, 3.63) is 11.1 Å². The average molecular weight is 250 g/mol. The maximum absolute atomic E-state index is 12.0. The maximum Gasteiger partial charge on any atom is 0.445 e. The van der Waals surface area contributed by atoms with Gasteiger partial charge in [-0.1, -0.05) is 0 Å². The number of amidine groups is 1. The van der Waals surface area contributed by atoms with Gasteiger partial charge in [0.1, 0.15) is 11.5 Å². The van der Waals surface area contributed by atoms with Gasteiger partial charge in [-0.05, 0) is 12.5 Å². The van der Waals surface area contributed by atoms with Crippen molar-refractivity contribution in [3.8, 4) is 0 Å². The van der Waals surface area contributed by atoms with Gasteiger partial charge < -0.3 is 5.11 Å². The number of urea groups is 1. The Kier molecular flexibility index (Phi) is 2.61. The summed E-state index contributed by atoms with van der Waals surface area (Å²) in [7, 11) is 2.85. The second kappa shape index (κ2) is 3.86. The van der Waals surface area contributed by atoms with Crippen LogP contribution in [-0.2, 0) is 9.59 Å². The number of carbonyl (C=O) groups excluding carboxylic acids is 2. The summed E-state index contributed by atoms with van der Waals surface area (Å²) in [6.45, 7) is 1.56. The molecule has 0 radical (unpaired) electrons. The maximum atomic E-state index is 12.0. The number of fused-ring (bicyclic) bond motifs is 1. The number of amides is 3. The van der Waals surface area contributed by atoms with E-state index in [0.717, 1.165) is 4.90 Å². The van der Waals surface area contributed by atoms with Gasteiger partial charge in [0.25, 0.3) is 5.84 Å². The lowest BCUT2D eigenvalue weighted by atomic mass is 9.92. The number of carbonyl (C=O) groups is 3. The lowest BCUT2D eigenvalue weighted by Crippen LogP contribution is -2.49. The quantitative estimate of drug-likeness (QED) is 0.648. The van der Waals surface area contributed by atoms with Gasteiger partial charge in [-0.15, -0.1) is 4.99 Å². The molecule has 0 aromatic rings. The second-order valence-corrected chi connectivity index (χ2v) is 4.18. The largest absolute Gasteiger partial charge is 0.480 e. The van der Waals surface area contributed by atoms with Gasteiger partial charge in [0, 0.05) is 0 Å². The number of aliphatic imine (C=N–C) groups is 1. The van der Waals surface area contributed by atoms with Crippen LogP contribution < -0.4 is 0 Å². The third kappa shape index (κ3) is 1.47. The van der Waals surface area contributed by atoms with Crippen molar-refractivity contribution in [1.29, 1.82) is 0 Å². The van der Waals surface area contributed by atoms with Crippen LogP contribution in [0.3, 0.4) is 0 Å². The number of imide groups is 1. The molecule has 2 rings (SSSR count). The number of nitrogens with zero attached hydrogens (tertiary/aromatic N) is 3. The lowest BCUT2D eigenvalue weighted by Gasteiger charge is -2.23. The molecule has 2 aliphatic heterocycles. The summed E-state index contributed by atoms with van der Waals surface area (Å²) in [5.41, 5.74) is 0.582. The summed E-state index contributed by atoms with van der Waals surface area (Å²) >= 11 is 0. The SMILES string of the molecule is CC1=C2C(=O)N(C)C(=O)[N+](C)=C2N=CC1C(=O)O. The van der Waals surface area contributed by atoms with Crippen LogP contribution in [0, 0.1) is 5.92 Å². The Morgan fingerprint density at radius 1 is 1.50 bits per heavy atom. The fourth-order valence-corrected chi connectivity index (χ4v) is 1.99. The molecule has 0 aromatic heterocycles. The smallest absolute Gasteiger partial charge is 0.445 e. The van der Waals surface area contributed by atoms with E-state index in [1.807, 2.05) is 0 Å². The van der Waals surface area contributed by atoms with Crippen LogP contribution in [0.1, 0.15) is 6.92 Å². The van der Waals surface area contributed by atoms with E-state index >= 15 is 0 Å². The van der Waals surface area contributed by atoms with Crippen LogP contribution in [-0.4, -0.2) is 58.6 Å². The number of likely N-dealkylation sites (N-methyl/N-ethyl adjacent to an activating group) is 1. The predicted molar refractivity (Wildman–Crippen MR) is 61.7 cm³/mol. The van der Waals surface area contributed by atoms with Gasteiger partial charge in [-0.3, -0.25) is 4.79 Å². The summed E-state index contributed by atoms with van der Waals surface area (Å²) in [5.74, 6) is -2.31. The molecule has 3 amide bonds. The Hall–Kier alpha value is -2.31. The molecule has 0 bridgehead atoms. The van der Waals surface area contributed by atoms with Crippen LogP contribution in [0.2, 0.25) is 0 Å². The molecular weight excluding hydrogens is 238 g/mol. The molecule has 7 nitrogen and oxygen atoms in total. The number of aliphatic carboxylic acids is 1. The predicted octanol–water partition coefficient (Wildman–Crippen LogP) is -0.279. The van der Waals surface area contributed by atoms with E-state index in [4.69, 9.17) is 5.11 Å². The first-order valence-corrected chi connectivity index (χ1v) is 5.27. The number of dihydropyridines is 1. The second-order valence-electron chi connectivity index (χ2n) is 4.18. The van der Waals surface area contributed by atoms with Crippen molar-refractivity contribution < 1.29 is 24.1 Å². The fourth-order valence-electron chi connectivity index (χ4n) is 1.99. The summed E-state index contributed by atoms with van der Waals surface area (Å²) < 4.78 is 1.23. The first kappa shape index (κ1) is 12.2. The molecule has 0 saturated heterocycles. The number of rotatable bonds is 1. The van der Waals surface area contributed by atoms with Crippen LogP contribution in [0.4, 0.5) is 4.79 Å². The van der Waals surface area contributed by atoms with Gasteiger partial charge in [0.05, 0.1) is 20.3 Å². The standard InChI is InChI=1S/C11H11N3O4/c1-5-6(10(16)17)4-12-8-7(5)9(15)14(3)11(18)13(8)2/h4,6H,1-3H3/p+1. The van der Waals surface area contributed by atoms with Gasteiger partial charge >= 0.3 is 17.9 Å². The third-order valence-corrected chi connectivity index (χ3v) is 3.11. The van der Waals surface area contributed by atoms with Crippen LogP contribution in [0.15, 0.2) is 16.1 Å². The Bertz CT molecular complexity index is 571. The Morgan fingerprint density at radius 2 is 2.11 bits per heavy atom. The molecule has 0 saturated carbocycles. The van der Waals surface area contributed by atoms with Crippen molar-refractivity contribution >= 4 is 30.0 Å². The molecule has 1 unspecified atom stereocenters. The summed E-state index contributed by atoms with van der Waals surface area (Å²) in [6.07, 6.45) is 1.23. The number of carboxylic acids is 1. The molecule has 1 N–H and O–H groups in total. The van der Waals surface area contributed by atoms with Gasteiger partial charge in [0.2, 0.25) is 0 Å². The third-order valence-electron chi connectivity index (χ3n) is 3.11. The monoisotopic (exact) mass is 250 g/mol. The molecule has 7 heteroatoms. The molecule has 94 valence electrons. The van der Waals surface area contributed by atoms with Crippen LogP contribution in [0.5, 0.6) is 0 Å². The zero-order valence-corrected chi connectivity index (χ0v) is 10.2. The van der Waals surface area contributed by atoms with E-state index in [9.17, 15) is 14.4 Å². The molecule has 0 fully saturated rings. The van der Waals surface area contributed by atoms with E-state index in [-0.39, 0.29) is 11.4 Å². The molecule has 2 heterocycles. The number of hydrogen-bond acceptors (Lipinski definition) is 4. The van der Waals surface area contributed by atoms with Gasteiger partial charge in [-0.2, -0.15) is 9.48 Å². The zero-order valence-electron chi connectivity index (χ0n) is 10.2. The highest BCUT2D eigenvalue weighted by molar-refractivity contribution is 6.28. The van der Waals surface area contributed by atoms with E-state index in [0.29, 0.717) is 5.57 Å². The molecule has 0 aromatic carbocycles. The topological polar surface area (TPSA) is 90.0 Å². The van der Waals surface area contributed by atoms with Crippen molar-refractivity contribution in [1.82, 2.24) is 4.90 Å². The summed E-state index contributed by atoms with van der Waals surface area (Å²) in [5, 5.41) is 9.03. The van der Waals surface area contributed by atoms with Crippen LogP contribution in [0.25, 0.3) is 0 Å². The molecule has 1 atom stereocenters. The molecule has 0 aliphatic carbocycles. The summed E-state index contributed by atoms with van der Waals surface area (Å²) in [4.78, 5) is 39.6. The molecule has 2 aliphatic rings. The highest BCUT2D eigenvalue weighted by atomic mass is 16.4. The highest BCUT2D eigenvalue weighted by Gasteiger charge is 2.44. The minimum absolute atomic E-state index is 0.189. The Morgan fingerprint density at radius 3 is 2.67 bits per heavy atom. The van der Waals surface area contributed by atoms with Gasteiger partial charge in [0.15, 0.2) is 0 Å². The lowest BCUT2D eigenvalue weighted by molar-refractivity contribution is -0.403. The number of carboxylic acid groups (broad SMARTS) is 1. The van der Waals surface area contributed by atoms with E-state index in [2.05, 4.69) is 4.99 Å². The van der Waals surface area contributed by atoms with E-state index in [1.54, 1.807) is 6.92 Å². The van der Waals surface area contributed by atoms with Gasteiger partial charge in [-0.25, -0.2) is 9.59 Å².